The minimum atomic E-state index is -1.26. The van der Waals surface area contributed by atoms with Crippen LogP contribution in [0.3, 0.4) is 0 Å². The number of carboxylic acids is 2. The van der Waals surface area contributed by atoms with Crippen LogP contribution in [0.15, 0.2) is 67.0 Å². The van der Waals surface area contributed by atoms with Gasteiger partial charge >= 0.3 is 11.9 Å². The third kappa shape index (κ3) is 17.9. The molecule has 0 aliphatic carbocycles. The van der Waals surface area contributed by atoms with Crippen molar-refractivity contribution in [3.05, 3.63) is 77.6 Å². The minimum absolute atomic E-state index is 0.558. The number of aliphatic carboxylic acids is 2. The lowest BCUT2D eigenvalue weighted by atomic mass is 10.1. The lowest BCUT2D eigenvalue weighted by molar-refractivity contribution is -0.134. The van der Waals surface area contributed by atoms with Crippen molar-refractivity contribution in [1.82, 2.24) is 9.88 Å². The zero-order valence-electron chi connectivity index (χ0n) is 15.5. The molecule has 0 aliphatic rings. The normalized spacial score (nSPS) is 9.78. The number of nitrogens with zero attached hydrogens (tertiary/aromatic N) is 2. The van der Waals surface area contributed by atoms with Gasteiger partial charge in [0, 0.05) is 29.6 Å². The van der Waals surface area contributed by atoms with Crippen molar-refractivity contribution in [3.8, 4) is 0 Å². The maximum absolute atomic E-state index is 9.55. The molecule has 7 heteroatoms. The van der Waals surface area contributed by atoms with Crippen LogP contribution in [0.2, 0.25) is 5.02 Å². The summed E-state index contributed by atoms with van der Waals surface area (Å²) in [6.07, 6.45) is 6.91. The van der Waals surface area contributed by atoms with Crippen molar-refractivity contribution >= 4 is 23.5 Å². The fraction of sp³-hybridized carbons (Fsp3) is 0.250. The molecular formula is C20H25ClN2O4. The second-order valence-electron chi connectivity index (χ2n) is 5.57. The second kappa shape index (κ2) is 15.5. The molecule has 1 aromatic heterocycles. The van der Waals surface area contributed by atoms with Gasteiger partial charge in [0.05, 0.1) is 0 Å². The van der Waals surface area contributed by atoms with E-state index in [9.17, 15) is 9.59 Å². The summed E-state index contributed by atoms with van der Waals surface area (Å²) in [4.78, 5) is 25.1. The molecule has 27 heavy (non-hydrogen) atoms. The molecule has 1 heterocycles. The number of benzene rings is 1. The van der Waals surface area contributed by atoms with Gasteiger partial charge < -0.3 is 15.1 Å². The third-order valence-corrected chi connectivity index (χ3v) is 3.13. The van der Waals surface area contributed by atoms with Gasteiger partial charge in [-0.05, 0) is 63.3 Å². The molecule has 0 saturated heterocycles. The summed E-state index contributed by atoms with van der Waals surface area (Å²) < 4.78 is 0. The summed E-state index contributed by atoms with van der Waals surface area (Å²) in [7, 11) is 4.19. The highest BCUT2D eigenvalue weighted by molar-refractivity contribution is 6.30. The summed E-state index contributed by atoms with van der Waals surface area (Å²) >= 11 is 5.88. The van der Waals surface area contributed by atoms with Crippen molar-refractivity contribution in [2.75, 3.05) is 20.6 Å². The first kappa shape index (κ1) is 24.3. The molecule has 0 bridgehead atoms. The molecule has 6 nitrogen and oxygen atoms in total. The highest BCUT2D eigenvalue weighted by atomic mass is 35.5. The van der Waals surface area contributed by atoms with E-state index in [1.54, 1.807) is 12.4 Å². The molecule has 1 aromatic carbocycles. The van der Waals surface area contributed by atoms with Gasteiger partial charge in [0.2, 0.25) is 0 Å². The summed E-state index contributed by atoms with van der Waals surface area (Å²) in [6, 6.07) is 13.8. The zero-order valence-corrected chi connectivity index (χ0v) is 16.2. The van der Waals surface area contributed by atoms with Crippen molar-refractivity contribution in [3.63, 3.8) is 0 Å². The lowest BCUT2D eigenvalue weighted by Crippen LogP contribution is -2.13. The fourth-order valence-electron chi connectivity index (χ4n) is 1.75. The van der Waals surface area contributed by atoms with Crippen LogP contribution in [0, 0.1) is 0 Å². The molecule has 0 fully saturated rings. The van der Waals surface area contributed by atoms with Crippen molar-refractivity contribution in [2.45, 2.75) is 12.8 Å². The Labute approximate surface area is 164 Å². The molecule has 0 aliphatic heterocycles. The molecule has 0 spiro atoms. The van der Waals surface area contributed by atoms with Gasteiger partial charge in [0.1, 0.15) is 0 Å². The molecule has 0 amide bonds. The van der Waals surface area contributed by atoms with E-state index in [1.807, 2.05) is 36.4 Å². The smallest absolute Gasteiger partial charge is 0.328 e. The number of aryl methyl sites for hydroxylation is 1. The maximum atomic E-state index is 9.55. The average molecular weight is 393 g/mol. The van der Waals surface area contributed by atoms with Crippen molar-refractivity contribution in [1.29, 1.82) is 0 Å². The monoisotopic (exact) mass is 392 g/mol. The third-order valence-electron chi connectivity index (χ3n) is 2.89. The van der Waals surface area contributed by atoms with Crippen LogP contribution in [0.1, 0.15) is 12.0 Å². The summed E-state index contributed by atoms with van der Waals surface area (Å²) in [5.74, 6) is -2.51. The van der Waals surface area contributed by atoms with Crippen LogP contribution in [-0.4, -0.2) is 52.7 Å². The number of halogens is 1. The molecule has 0 unspecified atom stereocenters. The number of pyridine rings is 1. The molecular weight excluding hydrogens is 368 g/mol. The van der Waals surface area contributed by atoms with Crippen LogP contribution < -0.4 is 0 Å². The van der Waals surface area contributed by atoms with Crippen LogP contribution in [0.5, 0.6) is 0 Å². The van der Waals surface area contributed by atoms with Gasteiger partial charge in [0.25, 0.3) is 0 Å². The van der Waals surface area contributed by atoms with E-state index in [1.165, 1.54) is 12.0 Å². The Morgan fingerprint density at radius 1 is 1.04 bits per heavy atom. The Hall–Kier alpha value is -2.70. The largest absolute Gasteiger partial charge is 0.478 e. The maximum Gasteiger partial charge on any atom is 0.328 e. The molecule has 0 radical (unpaired) electrons. The van der Waals surface area contributed by atoms with Gasteiger partial charge in [0.15, 0.2) is 0 Å². The topological polar surface area (TPSA) is 90.7 Å². The predicted molar refractivity (Wildman–Crippen MR) is 107 cm³/mol. The molecule has 146 valence electrons. The van der Waals surface area contributed by atoms with Crippen LogP contribution >= 0.6 is 11.6 Å². The van der Waals surface area contributed by atoms with Crippen molar-refractivity contribution in [2.24, 2.45) is 0 Å². The fourth-order valence-corrected chi connectivity index (χ4v) is 1.96. The van der Waals surface area contributed by atoms with Gasteiger partial charge in [-0.2, -0.15) is 0 Å². The molecule has 2 rings (SSSR count). The Bertz CT molecular complexity index is 649. The number of aromatic nitrogens is 1. The first-order chi connectivity index (χ1) is 12.8. The highest BCUT2D eigenvalue weighted by Crippen LogP contribution is 2.11. The minimum Gasteiger partial charge on any atom is -0.478 e. The van der Waals surface area contributed by atoms with Crippen molar-refractivity contribution < 1.29 is 19.8 Å². The average Bonchev–Trinajstić information content (AvgIpc) is 2.62. The molecule has 2 aromatic rings. The summed E-state index contributed by atoms with van der Waals surface area (Å²) in [6.45, 7) is 1.13. The summed E-state index contributed by atoms with van der Waals surface area (Å²) in [5.41, 5.74) is 1.33. The van der Waals surface area contributed by atoms with E-state index in [4.69, 9.17) is 21.8 Å². The van der Waals surface area contributed by atoms with Gasteiger partial charge in [-0.15, -0.1) is 0 Å². The second-order valence-corrected chi connectivity index (χ2v) is 6.01. The standard InChI is InChI=1S/C11H16ClN.C5H5N.C4H4O4/c1-13(2)8-4-6-10-5-3-7-11(12)9-10;1-2-4-6-5-3-1;5-3(6)1-2-4(7)8/h3,5,7,9H,4,6,8H2,1-2H3;1-5H;1-2H,(H,5,6)(H,7,8)/b;;2-1-. The first-order valence-electron chi connectivity index (χ1n) is 8.19. The van der Waals surface area contributed by atoms with E-state index >= 15 is 0 Å². The van der Waals surface area contributed by atoms with Gasteiger partial charge in [-0.3, -0.25) is 4.98 Å². The molecule has 0 saturated carbocycles. The highest BCUT2D eigenvalue weighted by Gasteiger charge is 1.95. The van der Waals surface area contributed by atoms with E-state index in [-0.39, 0.29) is 0 Å². The quantitative estimate of drug-likeness (QED) is 0.729. The SMILES string of the molecule is CN(C)CCCc1cccc(Cl)c1.O=C(O)/C=C\C(=O)O.c1ccncc1. The Morgan fingerprint density at radius 3 is 2.00 bits per heavy atom. The number of carboxylic acid groups (broad SMARTS) is 2. The Balaban J connectivity index is 0.000000412. The molecule has 2 N–H and O–H groups in total. The molecule has 0 atom stereocenters. The van der Waals surface area contributed by atoms with E-state index in [2.05, 4.69) is 30.0 Å². The number of carbonyl (C=O) groups is 2. The Kier molecular flexibility index (Phi) is 14.0. The van der Waals surface area contributed by atoms with E-state index < -0.39 is 11.9 Å². The van der Waals surface area contributed by atoms with Gasteiger partial charge in [-0.25, -0.2) is 9.59 Å². The lowest BCUT2D eigenvalue weighted by Gasteiger charge is -2.08. The van der Waals surface area contributed by atoms with E-state index in [0.29, 0.717) is 12.2 Å². The first-order valence-corrected chi connectivity index (χ1v) is 8.57. The van der Waals surface area contributed by atoms with Crippen LogP contribution in [-0.2, 0) is 16.0 Å². The predicted octanol–water partition coefficient (Wildman–Crippen LogP) is 3.63. The number of rotatable bonds is 6. The van der Waals surface area contributed by atoms with Crippen LogP contribution in [0.25, 0.3) is 0 Å². The summed E-state index contributed by atoms with van der Waals surface area (Å²) in [5, 5.41) is 16.5. The zero-order chi connectivity index (χ0) is 20.5. The van der Waals surface area contributed by atoms with Crippen LogP contribution in [0.4, 0.5) is 0 Å². The Morgan fingerprint density at radius 2 is 1.63 bits per heavy atom. The van der Waals surface area contributed by atoms with Gasteiger partial charge in [-0.1, -0.05) is 29.8 Å². The van der Waals surface area contributed by atoms with E-state index in [0.717, 1.165) is 18.0 Å². The number of hydrogen-bond acceptors (Lipinski definition) is 4. The number of hydrogen-bond donors (Lipinski definition) is 2.